The molecule has 0 saturated carbocycles. The highest BCUT2D eigenvalue weighted by Gasteiger charge is 2.22. The molecule has 33 heavy (non-hydrogen) atoms. The zero-order valence-electron chi connectivity index (χ0n) is 18.0. The number of nitro benzene ring substituents is 1. The zero-order chi connectivity index (χ0) is 24.0. The fourth-order valence-corrected chi connectivity index (χ4v) is 3.09. The van der Waals surface area contributed by atoms with Crippen LogP contribution in [0.25, 0.3) is 0 Å². The van der Waals surface area contributed by atoms with Crippen molar-refractivity contribution in [1.29, 1.82) is 0 Å². The first-order chi connectivity index (χ1) is 15.8. The van der Waals surface area contributed by atoms with Gasteiger partial charge in [-0.25, -0.2) is 4.79 Å². The summed E-state index contributed by atoms with van der Waals surface area (Å²) in [5.74, 6) is -2.04. The summed E-state index contributed by atoms with van der Waals surface area (Å²) in [4.78, 5) is 49.8. The molecule has 3 rings (SSSR count). The monoisotopic (exact) mass is 447 g/mol. The maximum Gasteiger partial charge on any atom is 0.339 e. The van der Waals surface area contributed by atoms with E-state index in [0.29, 0.717) is 11.3 Å². The molecule has 0 aliphatic carbocycles. The van der Waals surface area contributed by atoms with Gasteiger partial charge in [-0.3, -0.25) is 19.7 Å². The second kappa shape index (κ2) is 10.2. The van der Waals surface area contributed by atoms with Crippen LogP contribution in [0, 0.1) is 17.0 Å². The molecule has 9 nitrogen and oxygen atoms in total. The van der Waals surface area contributed by atoms with Crippen molar-refractivity contribution in [2.24, 2.45) is 0 Å². The van der Waals surface area contributed by atoms with Crippen molar-refractivity contribution in [2.45, 2.75) is 6.92 Å². The predicted octanol–water partition coefficient (Wildman–Crippen LogP) is 3.98. The lowest BCUT2D eigenvalue weighted by Crippen LogP contribution is -2.28. The largest absolute Gasteiger partial charge is 0.452 e. The van der Waals surface area contributed by atoms with Crippen LogP contribution in [-0.2, 0) is 9.53 Å². The van der Waals surface area contributed by atoms with Gasteiger partial charge in [-0.1, -0.05) is 36.4 Å². The molecule has 0 atom stereocenters. The molecule has 0 aliphatic rings. The molecule has 3 aromatic carbocycles. The summed E-state index contributed by atoms with van der Waals surface area (Å²) in [6.45, 7) is 1.01. The Balaban J connectivity index is 1.70. The summed E-state index contributed by atoms with van der Waals surface area (Å²) in [6, 6.07) is 19.4. The molecule has 0 unspecified atom stereocenters. The number of anilines is 2. The van der Waals surface area contributed by atoms with Crippen LogP contribution in [0.3, 0.4) is 0 Å². The van der Waals surface area contributed by atoms with Gasteiger partial charge in [-0.2, -0.15) is 0 Å². The highest BCUT2D eigenvalue weighted by molar-refractivity contribution is 6.12. The molecule has 168 valence electrons. The second-order valence-corrected chi connectivity index (χ2v) is 7.15. The Morgan fingerprint density at radius 2 is 1.61 bits per heavy atom. The summed E-state index contributed by atoms with van der Waals surface area (Å²) in [5.41, 5.74) is 1.14. The molecule has 0 heterocycles. The van der Waals surface area contributed by atoms with Crippen LogP contribution in [0.1, 0.15) is 26.3 Å². The topological polar surface area (TPSA) is 119 Å². The van der Waals surface area contributed by atoms with Crippen molar-refractivity contribution in [1.82, 2.24) is 0 Å². The minimum absolute atomic E-state index is 0.000558. The Bertz CT molecular complexity index is 1210. The van der Waals surface area contributed by atoms with Gasteiger partial charge in [0.15, 0.2) is 6.61 Å². The number of para-hydroxylation sites is 1. The maximum atomic E-state index is 13.0. The van der Waals surface area contributed by atoms with Crippen molar-refractivity contribution in [3.05, 3.63) is 99.6 Å². The van der Waals surface area contributed by atoms with E-state index in [1.165, 1.54) is 29.2 Å². The first-order valence-corrected chi connectivity index (χ1v) is 9.92. The van der Waals surface area contributed by atoms with Gasteiger partial charge in [0.25, 0.3) is 17.5 Å². The summed E-state index contributed by atoms with van der Waals surface area (Å²) in [7, 11) is 1.59. The van der Waals surface area contributed by atoms with Gasteiger partial charge in [0.05, 0.1) is 16.1 Å². The zero-order valence-corrected chi connectivity index (χ0v) is 18.0. The first-order valence-electron chi connectivity index (χ1n) is 9.92. The molecule has 0 spiro atoms. The second-order valence-electron chi connectivity index (χ2n) is 7.15. The lowest BCUT2D eigenvalue weighted by molar-refractivity contribution is -0.384. The quantitative estimate of drug-likeness (QED) is 0.332. The van der Waals surface area contributed by atoms with E-state index in [0.717, 1.165) is 0 Å². The first kappa shape index (κ1) is 23.1. The maximum absolute atomic E-state index is 13.0. The molecule has 0 fully saturated rings. The van der Waals surface area contributed by atoms with Gasteiger partial charge in [-0.15, -0.1) is 0 Å². The molecule has 3 aromatic rings. The number of ether oxygens (including phenoxy) is 1. The normalized spacial score (nSPS) is 10.2. The van der Waals surface area contributed by atoms with E-state index in [1.54, 1.807) is 56.4 Å². The van der Waals surface area contributed by atoms with Gasteiger partial charge in [0.2, 0.25) is 0 Å². The fourth-order valence-electron chi connectivity index (χ4n) is 3.09. The number of nitro groups is 1. The van der Waals surface area contributed by atoms with Crippen LogP contribution < -0.4 is 10.2 Å². The van der Waals surface area contributed by atoms with Crippen molar-refractivity contribution in [3.63, 3.8) is 0 Å². The molecule has 0 radical (unpaired) electrons. The molecule has 9 heteroatoms. The SMILES string of the molecule is Cc1ccc(NC(=O)COC(=O)c2ccccc2C(=O)N(C)c2ccccc2)c([N+](=O)[O-])c1. The van der Waals surface area contributed by atoms with E-state index in [1.807, 2.05) is 6.07 Å². The average Bonchev–Trinajstić information content (AvgIpc) is 2.83. The number of rotatable bonds is 7. The number of carbonyl (C=O) groups is 3. The van der Waals surface area contributed by atoms with Crippen molar-refractivity contribution in [3.8, 4) is 0 Å². The van der Waals surface area contributed by atoms with Gasteiger partial charge in [0.1, 0.15) is 5.69 Å². The van der Waals surface area contributed by atoms with Crippen molar-refractivity contribution >= 4 is 34.8 Å². The van der Waals surface area contributed by atoms with E-state index < -0.39 is 29.3 Å². The van der Waals surface area contributed by atoms with Gasteiger partial charge < -0.3 is 15.0 Å². The van der Waals surface area contributed by atoms with Gasteiger partial charge in [0, 0.05) is 18.8 Å². The highest BCUT2D eigenvalue weighted by Crippen LogP contribution is 2.25. The number of amides is 2. The number of hydrogen-bond acceptors (Lipinski definition) is 6. The predicted molar refractivity (Wildman–Crippen MR) is 122 cm³/mol. The van der Waals surface area contributed by atoms with Crippen LogP contribution in [0.15, 0.2) is 72.8 Å². The lowest BCUT2D eigenvalue weighted by atomic mass is 10.1. The fraction of sp³-hybridized carbons (Fsp3) is 0.125. The number of nitrogens with one attached hydrogen (secondary N) is 1. The van der Waals surface area contributed by atoms with E-state index in [2.05, 4.69) is 5.32 Å². The Hall–Kier alpha value is -4.53. The molecule has 0 aromatic heterocycles. The van der Waals surface area contributed by atoms with Crippen LogP contribution in [0.2, 0.25) is 0 Å². The molecule has 2 amide bonds. The molecule has 0 saturated heterocycles. The Kier molecular flexibility index (Phi) is 7.14. The molecule has 0 bridgehead atoms. The number of benzene rings is 3. The Morgan fingerprint density at radius 1 is 0.970 bits per heavy atom. The van der Waals surface area contributed by atoms with Gasteiger partial charge in [-0.05, 0) is 42.8 Å². The Morgan fingerprint density at radius 3 is 2.27 bits per heavy atom. The van der Waals surface area contributed by atoms with Crippen LogP contribution in [-0.4, -0.2) is 36.4 Å². The minimum Gasteiger partial charge on any atom is -0.452 e. The van der Waals surface area contributed by atoms with Crippen molar-refractivity contribution < 1.29 is 24.0 Å². The third-order valence-electron chi connectivity index (χ3n) is 4.78. The van der Waals surface area contributed by atoms with Crippen molar-refractivity contribution in [2.75, 3.05) is 23.9 Å². The number of esters is 1. The Labute approximate surface area is 189 Å². The van der Waals surface area contributed by atoms with Crippen LogP contribution in [0.4, 0.5) is 17.1 Å². The molecule has 0 aliphatic heterocycles. The minimum atomic E-state index is -0.867. The summed E-state index contributed by atoms with van der Waals surface area (Å²) >= 11 is 0. The molecule has 1 N–H and O–H groups in total. The smallest absolute Gasteiger partial charge is 0.339 e. The van der Waals surface area contributed by atoms with E-state index in [4.69, 9.17) is 4.74 Å². The van der Waals surface area contributed by atoms with Crippen LogP contribution in [0.5, 0.6) is 0 Å². The van der Waals surface area contributed by atoms with E-state index in [9.17, 15) is 24.5 Å². The average molecular weight is 447 g/mol. The summed E-state index contributed by atoms with van der Waals surface area (Å²) < 4.78 is 5.07. The summed E-state index contributed by atoms with van der Waals surface area (Å²) in [6.07, 6.45) is 0. The van der Waals surface area contributed by atoms with E-state index >= 15 is 0 Å². The third-order valence-corrected chi connectivity index (χ3v) is 4.78. The number of aryl methyl sites for hydroxylation is 1. The highest BCUT2D eigenvalue weighted by atomic mass is 16.6. The number of nitrogens with zero attached hydrogens (tertiary/aromatic N) is 2. The summed E-state index contributed by atoms with van der Waals surface area (Å²) in [5, 5.41) is 13.6. The van der Waals surface area contributed by atoms with E-state index in [-0.39, 0.29) is 22.5 Å². The third kappa shape index (κ3) is 5.59. The van der Waals surface area contributed by atoms with Crippen LogP contribution >= 0.6 is 0 Å². The number of carbonyl (C=O) groups excluding carboxylic acids is 3. The number of hydrogen-bond donors (Lipinski definition) is 1. The lowest BCUT2D eigenvalue weighted by Gasteiger charge is -2.18. The molecular weight excluding hydrogens is 426 g/mol. The standard InChI is InChI=1S/C24H21N3O6/c1-16-12-13-20(21(14-16)27(31)32)25-22(28)15-33-24(30)19-11-7-6-10-18(19)23(29)26(2)17-8-4-3-5-9-17/h3-14H,15H2,1-2H3,(H,25,28). The molecular formula is C24H21N3O6. The van der Waals surface area contributed by atoms with Gasteiger partial charge >= 0.3 is 5.97 Å².